The zero-order chi connectivity index (χ0) is 11.7. The van der Waals surface area contributed by atoms with E-state index in [0.717, 1.165) is 20.3 Å². The highest BCUT2D eigenvalue weighted by atomic mass is 79.9. The third-order valence-corrected chi connectivity index (χ3v) is 3.55. The standard InChI is InChI=1S/C10H8Br2ClN3/c1-6-2-8(11)10(9(12)3-6)16-5-7(4-13)14-15-16/h2-3,5H,4H2,1H3. The van der Waals surface area contributed by atoms with Gasteiger partial charge in [0, 0.05) is 8.95 Å². The molecule has 0 amide bonds. The Morgan fingerprint density at radius 1 is 1.31 bits per heavy atom. The molecule has 1 aromatic heterocycles. The van der Waals surface area contributed by atoms with Crippen molar-refractivity contribution in [2.24, 2.45) is 0 Å². The monoisotopic (exact) mass is 363 g/mol. The van der Waals surface area contributed by atoms with Crippen LogP contribution in [0.2, 0.25) is 0 Å². The highest BCUT2D eigenvalue weighted by molar-refractivity contribution is 9.11. The minimum Gasteiger partial charge on any atom is -0.218 e. The van der Waals surface area contributed by atoms with Crippen LogP contribution in [0.15, 0.2) is 27.3 Å². The second-order valence-electron chi connectivity index (χ2n) is 3.37. The summed E-state index contributed by atoms with van der Waals surface area (Å²) in [4.78, 5) is 0. The van der Waals surface area contributed by atoms with Gasteiger partial charge in [-0.15, -0.1) is 16.7 Å². The molecule has 2 aromatic rings. The average Bonchev–Trinajstić information content (AvgIpc) is 2.64. The van der Waals surface area contributed by atoms with Gasteiger partial charge in [-0.1, -0.05) is 5.21 Å². The molecular formula is C10H8Br2ClN3. The summed E-state index contributed by atoms with van der Waals surface area (Å²) < 4.78 is 3.63. The average molecular weight is 365 g/mol. The van der Waals surface area contributed by atoms with E-state index in [-0.39, 0.29) is 0 Å². The van der Waals surface area contributed by atoms with Gasteiger partial charge in [0.25, 0.3) is 0 Å². The Kier molecular flexibility index (Phi) is 3.66. The van der Waals surface area contributed by atoms with Gasteiger partial charge in [0.05, 0.1) is 23.5 Å². The van der Waals surface area contributed by atoms with Gasteiger partial charge in [-0.05, 0) is 56.5 Å². The molecule has 3 nitrogen and oxygen atoms in total. The lowest BCUT2D eigenvalue weighted by molar-refractivity contribution is 0.794. The fourth-order valence-corrected chi connectivity index (χ4v) is 3.28. The van der Waals surface area contributed by atoms with Gasteiger partial charge in [-0.25, -0.2) is 4.68 Å². The molecule has 0 aliphatic carbocycles. The Hall–Kier alpha value is -0.390. The van der Waals surface area contributed by atoms with Crippen molar-refractivity contribution in [3.8, 4) is 5.69 Å². The van der Waals surface area contributed by atoms with E-state index in [9.17, 15) is 0 Å². The summed E-state index contributed by atoms with van der Waals surface area (Å²) in [6.45, 7) is 2.03. The number of alkyl halides is 1. The summed E-state index contributed by atoms with van der Waals surface area (Å²) >= 11 is 12.7. The third-order valence-electron chi connectivity index (χ3n) is 2.07. The fourth-order valence-electron chi connectivity index (χ4n) is 1.38. The molecule has 0 N–H and O–H groups in total. The lowest BCUT2D eigenvalue weighted by Crippen LogP contribution is -1.98. The summed E-state index contributed by atoms with van der Waals surface area (Å²) in [7, 11) is 0. The molecule has 0 radical (unpaired) electrons. The van der Waals surface area contributed by atoms with E-state index in [1.807, 2.05) is 25.3 Å². The first-order valence-electron chi connectivity index (χ1n) is 4.55. The number of benzene rings is 1. The molecule has 0 fully saturated rings. The predicted octanol–water partition coefficient (Wildman–Crippen LogP) is 3.84. The molecule has 1 aromatic carbocycles. The Labute approximate surface area is 115 Å². The van der Waals surface area contributed by atoms with Crippen LogP contribution in [0, 0.1) is 6.92 Å². The molecule has 0 aliphatic heterocycles. The summed E-state index contributed by atoms with van der Waals surface area (Å²) in [6, 6.07) is 4.06. The first kappa shape index (κ1) is 12.1. The zero-order valence-electron chi connectivity index (χ0n) is 8.41. The molecular weight excluding hydrogens is 357 g/mol. The van der Waals surface area contributed by atoms with Crippen LogP contribution < -0.4 is 0 Å². The van der Waals surface area contributed by atoms with Crippen molar-refractivity contribution < 1.29 is 0 Å². The summed E-state index contributed by atoms with van der Waals surface area (Å²) in [5, 5.41) is 7.99. The van der Waals surface area contributed by atoms with Gasteiger partial charge in [0.1, 0.15) is 0 Å². The Morgan fingerprint density at radius 2 is 1.94 bits per heavy atom. The minimum absolute atomic E-state index is 0.362. The zero-order valence-corrected chi connectivity index (χ0v) is 12.3. The van der Waals surface area contributed by atoms with Crippen molar-refractivity contribution >= 4 is 43.5 Å². The van der Waals surface area contributed by atoms with Crippen LogP contribution in [0.25, 0.3) is 5.69 Å². The van der Waals surface area contributed by atoms with Crippen molar-refractivity contribution in [1.82, 2.24) is 15.0 Å². The van der Waals surface area contributed by atoms with Gasteiger partial charge in [0.15, 0.2) is 0 Å². The van der Waals surface area contributed by atoms with Gasteiger partial charge in [0.2, 0.25) is 0 Å². The van der Waals surface area contributed by atoms with Crippen molar-refractivity contribution in [2.45, 2.75) is 12.8 Å². The van der Waals surface area contributed by atoms with Crippen LogP contribution in [0.5, 0.6) is 0 Å². The number of halogens is 3. The highest BCUT2D eigenvalue weighted by Gasteiger charge is 2.10. The van der Waals surface area contributed by atoms with Crippen LogP contribution in [0.4, 0.5) is 0 Å². The van der Waals surface area contributed by atoms with E-state index in [1.54, 1.807) is 4.68 Å². The lowest BCUT2D eigenvalue weighted by Gasteiger charge is -2.07. The summed E-state index contributed by atoms with van der Waals surface area (Å²) in [6.07, 6.45) is 1.81. The number of nitrogens with zero attached hydrogens (tertiary/aromatic N) is 3. The highest BCUT2D eigenvalue weighted by Crippen LogP contribution is 2.30. The maximum Gasteiger partial charge on any atom is 0.0979 e. The first-order valence-corrected chi connectivity index (χ1v) is 6.67. The SMILES string of the molecule is Cc1cc(Br)c(-n2cc(CCl)nn2)c(Br)c1. The summed E-state index contributed by atoms with van der Waals surface area (Å²) in [5.74, 6) is 0.362. The topological polar surface area (TPSA) is 30.7 Å². The van der Waals surface area contributed by atoms with Crippen LogP contribution >= 0.6 is 43.5 Å². The number of aryl methyl sites for hydroxylation is 1. The normalized spacial score (nSPS) is 10.8. The Morgan fingerprint density at radius 3 is 2.44 bits per heavy atom. The van der Waals surface area contributed by atoms with Gasteiger partial charge in [-0.3, -0.25) is 0 Å². The van der Waals surface area contributed by atoms with Crippen LogP contribution in [-0.2, 0) is 5.88 Å². The number of hydrogen-bond donors (Lipinski definition) is 0. The molecule has 2 rings (SSSR count). The molecule has 16 heavy (non-hydrogen) atoms. The second kappa shape index (κ2) is 4.85. The van der Waals surface area contributed by atoms with E-state index in [2.05, 4.69) is 42.2 Å². The number of rotatable bonds is 2. The smallest absolute Gasteiger partial charge is 0.0979 e. The third kappa shape index (κ3) is 2.31. The van der Waals surface area contributed by atoms with Gasteiger partial charge in [-0.2, -0.15) is 0 Å². The molecule has 0 saturated carbocycles. The van der Waals surface area contributed by atoms with Gasteiger partial charge >= 0.3 is 0 Å². The molecule has 0 unspecified atom stereocenters. The molecule has 84 valence electrons. The fraction of sp³-hybridized carbons (Fsp3) is 0.200. The lowest BCUT2D eigenvalue weighted by atomic mass is 10.2. The maximum absolute atomic E-state index is 5.69. The predicted molar refractivity (Wildman–Crippen MR) is 71.1 cm³/mol. The van der Waals surface area contributed by atoms with E-state index in [1.165, 1.54) is 5.56 Å². The molecule has 0 bridgehead atoms. The van der Waals surface area contributed by atoms with E-state index < -0.39 is 0 Å². The minimum atomic E-state index is 0.362. The molecule has 0 atom stereocenters. The van der Waals surface area contributed by atoms with Crippen molar-refractivity contribution in [2.75, 3.05) is 0 Å². The Balaban J connectivity index is 2.55. The quantitative estimate of drug-likeness (QED) is 0.757. The van der Waals surface area contributed by atoms with E-state index >= 15 is 0 Å². The number of aromatic nitrogens is 3. The van der Waals surface area contributed by atoms with Crippen molar-refractivity contribution in [1.29, 1.82) is 0 Å². The molecule has 0 aliphatic rings. The van der Waals surface area contributed by atoms with Crippen LogP contribution in [-0.4, -0.2) is 15.0 Å². The molecule has 0 spiro atoms. The molecule has 0 saturated heterocycles. The van der Waals surface area contributed by atoms with Crippen molar-refractivity contribution in [3.63, 3.8) is 0 Å². The molecule has 1 heterocycles. The second-order valence-corrected chi connectivity index (χ2v) is 5.34. The van der Waals surface area contributed by atoms with E-state index in [4.69, 9.17) is 11.6 Å². The van der Waals surface area contributed by atoms with E-state index in [0.29, 0.717) is 5.88 Å². The van der Waals surface area contributed by atoms with Crippen molar-refractivity contribution in [3.05, 3.63) is 38.5 Å². The molecule has 6 heteroatoms. The van der Waals surface area contributed by atoms with Crippen LogP contribution in [0.1, 0.15) is 11.3 Å². The number of hydrogen-bond acceptors (Lipinski definition) is 2. The first-order chi connectivity index (χ1) is 7.61. The maximum atomic E-state index is 5.69. The summed E-state index contributed by atoms with van der Waals surface area (Å²) in [5.41, 5.74) is 2.84. The Bertz CT molecular complexity index is 502. The van der Waals surface area contributed by atoms with Gasteiger partial charge < -0.3 is 0 Å². The largest absolute Gasteiger partial charge is 0.218 e. The van der Waals surface area contributed by atoms with Crippen LogP contribution in [0.3, 0.4) is 0 Å².